The first-order chi connectivity index (χ1) is 9.08. The van der Waals surface area contributed by atoms with Crippen LogP contribution in [0, 0.1) is 6.92 Å². The van der Waals surface area contributed by atoms with Crippen molar-refractivity contribution in [3.8, 4) is 0 Å². The van der Waals surface area contributed by atoms with Crippen LogP contribution < -0.4 is 5.32 Å². The molecule has 1 aromatic heterocycles. The van der Waals surface area contributed by atoms with Gasteiger partial charge in [-0.2, -0.15) is 0 Å². The summed E-state index contributed by atoms with van der Waals surface area (Å²) in [7, 11) is 0. The van der Waals surface area contributed by atoms with Crippen LogP contribution in [0.1, 0.15) is 47.1 Å². The second kappa shape index (κ2) is 5.69. The maximum Gasteiger partial charge on any atom is 0.273 e. The first kappa shape index (κ1) is 13.3. The lowest BCUT2D eigenvalue weighted by atomic mass is 10.1. The fourth-order valence-electron chi connectivity index (χ4n) is 1.81. The highest BCUT2D eigenvalue weighted by molar-refractivity contribution is 5.93. The Labute approximate surface area is 112 Å². The smallest absolute Gasteiger partial charge is 0.273 e. The molecule has 0 bridgehead atoms. The van der Waals surface area contributed by atoms with E-state index in [1.54, 1.807) is 0 Å². The minimum absolute atomic E-state index is 0.141. The van der Waals surface area contributed by atoms with Gasteiger partial charge in [-0.25, -0.2) is 4.98 Å². The molecule has 0 aliphatic heterocycles. The molecule has 0 fully saturated rings. The number of carbonyl (C=O) groups excluding carboxylic acids is 1. The molecule has 100 valence electrons. The van der Waals surface area contributed by atoms with Gasteiger partial charge < -0.3 is 9.73 Å². The number of hydrogen-bond donors (Lipinski definition) is 1. The van der Waals surface area contributed by atoms with Gasteiger partial charge >= 0.3 is 0 Å². The van der Waals surface area contributed by atoms with E-state index in [-0.39, 0.29) is 11.8 Å². The highest BCUT2D eigenvalue weighted by Crippen LogP contribution is 2.18. The zero-order chi connectivity index (χ0) is 13.8. The minimum atomic E-state index is -0.196. The molecule has 0 radical (unpaired) electrons. The molecule has 0 unspecified atom stereocenters. The van der Waals surface area contributed by atoms with Gasteiger partial charge in [0.1, 0.15) is 5.76 Å². The summed E-state index contributed by atoms with van der Waals surface area (Å²) in [5, 5.41) is 2.85. The molecule has 1 amide bonds. The van der Waals surface area contributed by atoms with Gasteiger partial charge in [0.2, 0.25) is 0 Å². The topological polar surface area (TPSA) is 55.1 Å². The Hall–Kier alpha value is -2.10. The monoisotopic (exact) mass is 258 g/mol. The van der Waals surface area contributed by atoms with Gasteiger partial charge in [-0.05, 0) is 12.5 Å². The van der Waals surface area contributed by atoms with Crippen LogP contribution >= 0.6 is 0 Å². The highest BCUT2D eigenvalue weighted by atomic mass is 16.3. The Bertz CT molecular complexity index is 556. The number of oxazole rings is 1. The number of nitrogens with one attached hydrogen (secondary N) is 1. The van der Waals surface area contributed by atoms with E-state index in [9.17, 15) is 4.79 Å². The maximum atomic E-state index is 12.0. The van der Waals surface area contributed by atoms with Crippen LogP contribution in [0.4, 0.5) is 0 Å². The summed E-state index contributed by atoms with van der Waals surface area (Å²) in [6.45, 7) is 6.46. The van der Waals surface area contributed by atoms with Crippen molar-refractivity contribution in [3.05, 3.63) is 53.2 Å². The Morgan fingerprint density at radius 1 is 1.32 bits per heavy atom. The summed E-state index contributed by atoms with van der Waals surface area (Å²) in [4.78, 5) is 16.0. The number of amides is 1. The van der Waals surface area contributed by atoms with E-state index >= 15 is 0 Å². The van der Waals surface area contributed by atoms with Gasteiger partial charge in [0.05, 0.1) is 0 Å². The third kappa shape index (κ3) is 3.22. The molecule has 4 nitrogen and oxygen atoms in total. The second-order valence-electron chi connectivity index (χ2n) is 4.89. The Morgan fingerprint density at radius 3 is 2.63 bits per heavy atom. The third-order valence-electron chi connectivity index (χ3n) is 2.91. The van der Waals surface area contributed by atoms with E-state index in [1.165, 1.54) is 12.0 Å². The van der Waals surface area contributed by atoms with Crippen molar-refractivity contribution in [3.63, 3.8) is 0 Å². The van der Waals surface area contributed by atoms with Crippen molar-refractivity contribution in [1.29, 1.82) is 0 Å². The van der Waals surface area contributed by atoms with Gasteiger partial charge in [-0.1, -0.05) is 43.7 Å². The van der Waals surface area contributed by atoms with Crippen molar-refractivity contribution in [2.24, 2.45) is 0 Å². The fraction of sp³-hybridized carbons (Fsp3) is 0.333. The van der Waals surface area contributed by atoms with Crippen LogP contribution in [0.2, 0.25) is 0 Å². The molecule has 2 rings (SSSR count). The van der Waals surface area contributed by atoms with E-state index in [0.717, 1.165) is 5.56 Å². The molecule has 4 heteroatoms. The summed E-state index contributed by atoms with van der Waals surface area (Å²) in [6.07, 6.45) is 1.32. The number of hydrogen-bond acceptors (Lipinski definition) is 3. The lowest BCUT2D eigenvalue weighted by molar-refractivity contribution is 0.0944. The molecule has 19 heavy (non-hydrogen) atoms. The van der Waals surface area contributed by atoms with Crippen LogP contribution in [-0.4, -0.2) is 10.9 Å². The van der Waals surface area contributed by atoms with Crippen molar-refractivity contribution in [1.82, 2.24) is 10.3 Å². The summed E-state index contributed by atoms with van der Waals surface area (Å²) < 4.78 is 5.24. The Kier molecular flexibility index (Phi) is 4.00. The largest absolute Gasteiger partial charge is 0.447 e. The predicted molar refractivity (Wildman–Crippen MR) is 72.9 cm³/mol. The van der Waals surface area contributed by atoms with E-state index in [4.69, 9.17) is 4.42 Å². The van der Waals surface area contributed by atoms with E-state index in [2.05, 4.69) is 10.3 Å². The Balaban J connectivity index is 2.01. The SMILES string of the molecule is Cc1ccc(CNC(=O)c2ncoc2C(C)C)cc1. The molecule has 1 aromatic carbocycles. The lowest BCUT2D eigenvalue weighted by Crippen LogP contribution is -2.24. The highest BCUT2D eigenvalue weighted by Gasteiger charge is 2.18. The maximum absolute atomic E-state index is 12.0. The van der Waals surface area contributed by atoms with Crippen LogP contribution in [0.25, 0.3) is 0 Å². The molecule has 1 N–H and O–H groups in total. The number of nitrogens with zero attached hydrogens (tertiary/aromatic N) is 1. The molecular weight excluding hydrogens is 240 g/mol. The normalized spacial score (nSPS) is 10.7. The van der Waals surface area contributed by atoms with E-state index in [0.29, 0.717) is 18.0 Å². The summed E-state index contributed by atoms with van der Waals surface area (Å²) in [5.41, 5.74) is 2.64. The van der Waals surface area contributed by atoms with Crippen molar-refractivity contribution >= 4 is 5.91 Å². The van der Waals surface area contributed by atoms with Crippen LogP contribution in [0.15, 0.2) is 35.1 Å². The predicted octanol–water partition coefficient (Wildman–Crippen LogP) is 3.04. The minimum Gasteiger partial charge on any atom is -0.447 e. The number of aryl methyl sites for hydroxylation is 1. The van der Waals surface area contributed by atoms with Crippen molar-refractivity contribution in [2.45, 2.75) is 33.2 Å². The second-order valence-corrected chi connectivity index (χ2v) is 4.89. The zero-order valence-electron chi connectivity index (χ0n) is 11.4. The van der Waals surface area contributed by atoms with Crippen LogP contribution in [0.5, 0.6) is 0 Å². The van der Waals surface area contributed by atoms with E-state index in [1.807, 2.05) is 45.0 Å². The molecule has 0 aliphatic carbocycles. The number of rotatable bonds is 4. The molecule has 0 aliphatic rings. The Morgan fingerprint density at radius 2 is 2.00 bits per heavy atom. The van der Waals surface area contributed by atoms with Gasteiger partial charge in [0.15, 0.2) is 12.1 Å². The number of benzene rings is 1. The molecule has 0 saturated heterocycles. The molecule has 2 aromatic rings. The van der Waals surface area contributed by atoms with Crippen molar-refractivity contribution in [2.75, 3.05) is 0 Å². The standard InChI is InChI=1S/C15H18N2O2/c1-10(2)14-13(17-9-19-14)15(18)16-8-12-6-4-11(3)5-7-12/h4-7,9-10H,8H2,1-3H3,(H,16,18). The third-order valence-corrected chi connectivity index (χ3v) is 2.91. The van der Waals surface area contributed by atoms with Crippen molar-refractivity contribution < 1.29 is 9.21 Å². The zero-order valence-corrected chi connectivity index (χ0v) is 11.4. The molecule has 0 saturated carbocycles. The van der Waals surface area contributed by atoms with Gasteiger partial charge in [-0.15, -0.1) is 0 Å². The molecule has 0 atom stereocenters. The first-order valence-corrected chi connectivity index (χ1v) is 6.35. The molecular formula is C15H18N2O2. The number of aromatic nitrogens is 1. The van der Waals surface area contributed by atoms with Gasteiger partial charge in [0, 0.05) is 12.5 Å². The summed E-state index contributed by atoms with van der Waals surface area (Å²) in [5.74, 6) is 0.571. The molecule has 1 heterocycles. The van der Waals surface area contributed by atoms with Gasteiger partial charge in [-0.3, -0.25) is 4.79 Å². The quantitative estimate of drug-likeness (QED) is 0.917. The van der Waals surface area contributed by atoms with Gasteiger partial charge in [0.25, 0.3) is 5.91 Å². The average Bonchev–Trinajstić information content (AvgIpc) is 2.87. The van der Waals surface area contributed by atoms with E-state index < -0.39 is 0 Å². The summed E-state index contributed by atoms with van der Waals surface area (Å²) in [6, 6.07) is 8.05. The lowest BCUT2D eigenvalue weighted by Gasteiger charge is -2.06. The number of carbonyl (C=O) groups is 1. The molecule has 0 spiro atoms. The average molecular weight is 258 g/mol. The van der Waals surface area contributed by atoms with Crippen LogP contribution in [-0.2, 0) is 6.54 Å². The summed E-state index contributed by atoms with van der Waals surface area (Å²) >= 11 is 0. The van der Waals surface area contributed by atoms with Crippen LogP contribution in [0.3, 0.4) is 0 Å². The fourth-order valence-corrected chi connectivity index (χ4v) is 1.81. The first-order valence-electron chi connectivity index (χ1n) is 6.35.